The molecule has 2 aromatic carbocycles. The molecule has 0 saturated carbocycles. The first-order valence-electron chi connectivity index (χ1n) is 17.0. The number of nitrogens with one attached hydrogen (secondary N) is 1. The Morgan fingerprint density at radius 2 is 1.15 bits per heavy atom. The first-order chi connectivity index (χ1) is 27.2. The molecule has 23 heteroatoms. The molecular weight excluding hydrogens is 908 g/mol. The number of thiophene rings is 2. The maximum Gasteiger partial charge on any atom is 0.424 e. The molecule has 16 nitrogen and oxygen atoms in total. The van der Waals surface area contributed by atoms with Gasteiger partial charge in [0.05, 0.1) is 28.9 Å². The van der Waals surface area contributed by atoms with Crippen molar-refractivity contribution in [3.05, 3.63) is 114 Å². The molecule has 0 spiro atoms. The van der Waals surface area contributed by atoms with E-state index in [2.05, 4.69) is 4.74 Å². The van der Waals surface area contributed by atoms with Gasteiger partial charge in [-0.25, -0.2) is 35.5 Å². The molecule has 0 bridgehead atoms. The van der Waals surface area contributed by atoms with Gasteiger partial charge in [0.2, 0.25) is 20.0 Å². The smallest absolute Gasteiger partial charge is 0.424 e. The van der Waals surface area contributed by atoms with Crippen LogP contribution in [0.3, 0.4) is 0 Å². The third-order valence-corrected chi connectivity index (χ3v) is 13.1. The van der Waals surface area contributed by atoms with Crippen molar-refractivity contribution in [1.82, 2.24) is 9.03 Å². The van der Waals surface area contributed by atoms with Crippen LogP contribution in [0.15, 0.2) is 81.2 Å². The summed E-state index contributed by atoms with van der Waals surface area (Å²) in [5, 5.41) is 25.7. The number of carbonyl (C=O) groups is 2. The average Bonchev–Trinajstić information content (AvgIpc) is 3.71. The number of hydrogen-bond acceptors (Lipinski definition) is 16. The van der Waals surface area contributed by atoms with Crippen LogP contribution in [0.2, 0.25) is 0 Å². The zero-order valence-electron chi connectivity index (χ0n) is 33.3. The van der Waals surface area contributed by atoms with E-state index in [1.165, 1.54) is 28.9 Å². The van der Waals surface area contributed by atoms with Crippen molar-refractivity contribution in [1.29, 1.82) is 0 Å². The fourth-order valence-corrected chi connectivity index (χ4v) is 9.98. The Labute approximate surface area is 365 Å². The van der Waals surface area contributed by atoms with E-state index in [1.54, 1.807) is 51.6 Å². The van der Waals surface area contributed by atoms with Crippen molar-refractivity contribution in [3.63, 3.8) is 0 Å². The summed E-state index contributed by atoms with van der Waals surface area (Å²) < 4.78 is 57.6. The molecule has 324 valence electrons. The number of thioether (sulfide) groups is 2. The number of ether oxygens (including phenoxy) is 2. The van der Waals surface area contributed by atoms with Gasteiger partial charge < -0.3 is 9.47 Å². The number of nitrogens with zero attached hydrogens (tertiary/aromatic N) is 3. The maximum absolute atomic E-state index is 12.4. The molecule has 0 aliphatic carbocycles. The van der Waals surface area contributed by atoms with E-state index in [0.29, 0.717) is 37.0 Å². The van der Waals surface area contributed by atoms with Gasteiger partial charge in [-0.3, -0.25) is 20.2 Å². The Balaban J connectivity index is 0.000000339. The molecule has 2 amide bonds. The summed E-state index contributed by atoms with van der Waals surface area (Å²) in [5.74, 6) is 1.49. The summed E-state index contributed by atoms with van der Waals surface area (Å²) in [4.78, 5) is 45.7. The van der Waals surface area contributed by atoms with Gasteiger partial charge in [-0.05, 0) is 58.2 Å². The highest BCUT2D eigenvalue weighted by Gasteiger charge is 2.32. The number of benzene rings is 2. The average molecular weight is 954 g/mol. The number of halogens is 1. The topological polar surface area (TPSA) is 222 Å². The largest absolute Gasteiger partial charge is 0.443 e. The van der Waals surface area contributed by atoms with E-state index in [0.717, 1.165) is 51.9 Å². The molecular formula is C36H45ClN4O12S6. The summed E-state index contributed by atoms with van der Waals surface area (Å²) in [7, 11) is -7.47. The molecule has 0 fully saturated rings. The van der Waals surface area contributed by atoms with Crippen molar-refractivity contribution in [2.24, 2.45) is 0 Å². The van der Waals surface area contributed by atoms with Crippen molar-refractivity contribution < 1.29 is 45.7 Å². The minimum atomic E-state index is -3.95. The minimum absolute atomic E-state index is 0.0847. The lowest BCUT2D eigenvalue weighted by Crippen LogP contribution is -2.39. The van der Waals surface area contributed by atoms with E-state index in [-0.39, 0.29) is 21.5 Å². The second-order valence-corrected chi connectivity index (χ2v) is 21.7. The number of carbonyl (C=O) groups excluding carboxylic acids is 2. The highest BCUT2D eigenvalue weighted by atomic mass is 35.5. The van der Waals surface area contributed by atoms with Gasteiger partial charge in [-0.2, -0.15) is 0 Å². The van der Waals surface area contributed by atoms with E-state index in [9.17, 15) is 46.7 Å². The zero-order chi connectivity index (χ0) is 44.8. The van der Waals surface area contributed by atoms with Crippen LogP contribution in [0.4, 0.5) is 19.6 Å². The Kier molecular flexibility index (Phi) is 19.6. The third-order valence-electron chi connectivity index (χ3n) is 6.50. The van der Waals surface area contributed by atoms with Gasteiger partial charge in [0.15, 0.2) is 0 Å². The van der Waals surface area contributed by atoms with Gasteiger partial charge in [-0.1, -0.05) is 83.3 Å². The van der Waals surface area contributed by atoms with Gasteiger partial charge in [-0.15, -0.1) is 35.1 Å². The Morgan fingerprint density at radius 1 is 0.746 bits per heavy atom. The molecule has 0 saturated heterocycles. The van der Waals surface area contributed by atoms with Crippen LogP contribution in [-0.4, -0.2) is 66.9 Å². The molecule has 0 aliphatic heterocycles. The van der Waals surface area contributed by atoms with E-state index < -0.39 is 48.4 Å². The highest BCUT2D eigenvalue weighted by molar-refractivity contribution is 7.99. The standard InChI is InChI=1S/C18H22N2O6S3.C12H10ClNO2S2.C6H13NO4S/c1-18(2,3)26-17(21)19(29(4,24)25)10-14-12-28-16(20(22)23)15(14)27-11-13-8-6-5-7-9-13;13-6-10-8-18-12(14(15)16)11(10)17-7-9-4-2-1-3-5-9;1-6(2,3)11-5(8)7-12(4,9)10/h5-9,12H,10-11H2,1-4H3;1-5,8H,6-7H2;1-4H3,(H,7,8). The van der Waals surface area contributed by atoms with Gasteiger partial charge in [0, 0.05) is 33.7 Å². The number of rotatable bonds is 13. The SMILES string of the molecule is CC(C)(C)OC(=O)N(Cc1csc([N+](=O)[O-])c1SCc1ccccc1)S(C)(=O)=O.CC(C)(C)OC(=O)NS(C)(=O)=O.O=[N+]([O-])c1scc(CCl)c1SCc1ccccc1. The molecule has 0 atom stereocenters. The normalized spacial score (nSPS) is 11.5. The van der Waals surface area contributed by atoms with Crippen LogP contribution in [0.25, 0.3) is 0 Å². The summed E-state index contributed by atoms with van der Waals surface area (Å²) in [6.45, 7) is 9.49. The quantitative estimate of drug-likeness (QED) is 0.0570. The molecule has 4 rings (SSSR count). The van der Waals surface area contributed by atoms with Crippen LogP contribution in [0, 0.1) is 20.2 Å². The van der Waals surface area contributed by atoms with Gasteiger partial charge >= 0.3 is 22.2 Å². The molecule has 0 aliphatic rings. The van der Waals surface area contributed by atoms with Crippen LogP contribution in [0.5, 0.6) is 0 Å². The molecule has 4 aromatic rings. The molecule has 2 heterocycles. The summed E-state index contributed by atoms with van der Waals surface area (Å²) >= 11 is 10.6. The lowest BCUT2D eigenvalue weighted by atomic mass is 10.2. The van der Waals surface area contributed by atoms with Crippen molar-refractivity contribution in [2.45, 2.75) is 86.5 Å². The molecule has 1 N–H and O–H groups in total. The van der Waals surface area contributed by atoms with E-state index >= 15 is 0 Å². The van der Waals surface area contributed by atoms with E-state index in [1.807, 2.05) is 60.7 Å². The number of sulfonamides is 2. The second kappa shape index (κ2) is 22.6. The Bertz CT molecular complexity index is 2260. The summed E-state index contributed by atoms with van der Waals surface area (Å²) in [6.07, 6.45) is -0.191. The second-order valence-electron chi connectivity index (χ2n) is 14.1. The first kappa shape index (κ1) is 51.2. The summed E-state index contributed by atoms with van der Waals surface area (Å²) in [5.41, 5.74) is 1.77. The fraction of sp³-hybridized carbons (Fsp3) is 0.389. The van der Waals surface area contributed by atoms with Crippen molar-refractivity contribution >= 4 is 100 Å². The third kappa shape index (κ3) is 19.3. The lowest BCUT2D eigenvalue weighted by molar-refractivity contribution is -0.383. The molecule has 0 unspecified atom stereocenters. The fourth-order valence-electron chi connectivity index (χ4n) is 4.20. The Morgan fingerprint density at radius 3 is 1.51 bits per heavy atom. The predicted molar refractivity (Wildman–Crippen MR) is 234 cm³/mol. The van der Waals surface area contributed by atoms with Crippen molar-refractivity contribution in [2.75, 3.05) is 12.5 Å². The van der Waals surface area contributed by atoms with Crippen LogP contribution >= 0.6 is 57.8 Å². The zero-order valence-corrected chi connectivity index (χ0v) is 39.0. The van der Waals surface area contributed by atoms with Crippen LogP contribution < -0.4 is 4.72 Å². The number of nitro groups is 2. The highest BCUT2D eigenvalue weighted by Crippen LogP contribution is 2.41. The minimum Gasteiger partial charge on any atom is -0.443 e. The summed E-state index contributed by atoms with van der Waals surface area (Å²) in [6, 6.07) is 19.3. The van der Waals surface area contributed by atoms with Crippen molar-refractivity contribution in [3.8, 4) is 0 Å². The molecule has 59 heavy (non-hydrogen) atoms. The molecule has 2 aromatic heterocycles. The van der Waals surface area contributed by atoms with Crippen LogP contribution in [-0.2, 0) is 53.5 Å². The maximum atomic E-state index is 12.4. The number of amides is 2. The number of alkyl halides is 1. The van der Waals surface area contributed by atoms with E-state index in [4.69, 9.17) is 16.3 Å². The first-order valence-corrected chi connectivity index (χ1v) is 25.0. The monoisotopic (exact) mass is 952 g/mol. The predicted octanol–water partition coefficient (Wildman–Crippen LogP) is 9.80. The lowest BCUT2D eigenvalue weighted by Gasteiger charge is -2.25. The number of hydrogen-bond donors (Lipinski definition) is 1. The van der Waals surface area contributed by atoms with Gasteiger partial charge in [0.1, 0.15) is 21.0 Å². The Hall–Kier alpha value is -3.93. The molecule has 0 radical (unpaired) electrons. The van der Waals surface area contributed by atoms with Gasteiger partial charge in [0.25, 0.3) is 0 Å². The van der Waals surface area contributed by atoms with Crippen LogP contribution in [0.1, 0.15) is 63.8 Å².